The van der Waals surface area contributed by atoms with Crippen molar-refractivity contribution in [3.63, 3.8) is 0 Å². The number of rotatable bonds is 6. The maximum Gasteiger partial charge on any atom is 0.339 e. The standard InChI is InChI=1S/C31H30ClN5O4S/c1-20(38)37(42(40,41)24-5-2-4-21(16-24)18-33)28-10-9-23(30(39)36-19-27-26(32)6-3-13-35-27)17-25(28)31(11-14-34-15-12-31)29(37)22-7-8-22/h2-6,9-10,13,16-17,22,29,34H,7-8,11-12,14-15,19H2,1H3/p+1. The van der Waals surface area contributed by atoms with Gasteiger partial charge in [-0.25, -0.2) is 4.79 Å². The molecule has 2 amide bonds. The maximum absolute atomic E-state index is 14.8. The third kappa shape index (κ3) is 4.26. The van der Waals surface area contributed by atoms with E-state index < -0.39 is 31.3 Å². The molecule has 2 atom stereocenters. The number of amides is 2. The highest BCUT2D eigenvalue weighted by atomic mass is 35.5. The number of nitrogens with zero attached hydrogens (tertiary/aromatic N) is 3. The molecule has 0 bridgehead atoms. The predicted octanol–water partition coefficient (Wildman–Crippen LogP) is 4.19. The minimum absolute atomic E-state index is 0.0249. The van der Waals surface area contributed by atoms with E-state index in [0.717, 1.165) is 18.4 Å². The molecule has 0 radical (unpaired) electrons. The van der Waals surface area contributed by atoms with Gasteiger partial charge in [0.05, 0.1) is 41.2 Å². The lowest BCUT2D eigenvalue weighted by Gasteiger charge is -2.43. The van der Waals surface area contributed by atoms with Crippen LogP contribution in [0.3, 0.4) is 0 Å². The van der Waals surface area contributed by atoms with Gasteiger partial charge in [0.25, 0.3) is 5.91 Å². The number of piperidine rings is 1. The van der Waals surface area contributed by atoms with Crippen molar-refractivity contribution in [2.45, 2.75) is 55.5 Å². The van der Waals surface area contributed by atoms with E-state index in [0.29, 0.717) is 47.9 Å². The van der Waals surface area contributed by atoms with Crippen LogP contribution in [0.5, 0.6) is 0 Å². The van der Waals surface area contributed by atoms with Crippen LogP contribution in [-0.2, 0) is 26.8 Å². The lowest BCUT2D eigenvalue weighted by atomic mass is 9.68. The number of nitrogens with one attached hydrogen (secondary N) is 2. The second-order valence-corrected chi connectivity index (χ2v) is 13.7. The number of carbonyl (C=O) groups excluding carboxylic acids is 2. The van der Waals surface area contributed by atoms with Crippen LogP contribution in [0.25, 0.3) is 0 Å². The fourth-order valence-corrected chi connectivity index (χ4v) is 9.62. The number of hydrogen-bond acceptors (Lipinski definition) is 7. The molecule has 3 heterocycles. The third-order valence-electron chi connectivity index (χ3n) is 9.03. The number of quaternary nitrogens is 1. The van der Waals surface area contributed by atoms with Crippen molar-refractivity contribution in [1.82, 2.24) is 19.5 Å². The Morgan fingerprint density at radius 1 is 1.14 bits per heavy atom. The van der Waals surface area contributed by atoms with Crippen molar-refractivity contribution in [2.75, 3.05) is 13.1 Å². The largest absolute Gasteiger partial charge is 0.346 e. The Balaban J connectivity index is 1.52. The van der Waals surface area contributed by atoms with Gasteiger partial charge in [-0.15, -0.1) is 3.89 Å². The molecular formula is C31H31ClN5O4S+. The van der Waals surface area contributed by atoms with Crippen LogP contribution < -0.4 is 14.5 Å². The second kappa shape index (κ2) is 10.6. The molecule has 1 aliphatic carbocycles. The molecule has 2 fully saturated rings. The first-order chi connectivity index (χ1) is 20.2. The van der Waals surface area contributed by atoms with Crippen molar-refractivity contribution >= 4 is 39.1 Å². The zero-order chi connectivity index (χ0) is 29.7. The monoisotopic (exact) mass is 604 g/mol. The zero-order valence-electron chi connectivity index (χ0n) is 23.1. The van der Waals surface area contributed by atoms with Gasteiger partial charge in [0.1, 0.15) is 10.9 Å². The summed E-state index contributed by atoms with van der Waals surface area (Å²) in [6.45, 7) is 2.81. The van der Waals surface area contributed by atoms with E-state index in [2.05, 4.69) is 15.6 Å². The average Bonchev–Trinajstić information content (AvgIpc) is 3.80. The summed E-state index contributed by atoms with van der Waals surface area (Å²) in [5, 5.41) is 16.2. The molecule has 42 heavy (non-hydrogen) atoms. The predicted molar refractivity (Wildman–Crippen MR) is 158 cm³/mol. The van der Waals surface area contributed by atoms with Gasteiger partial charge >= 0.3 is 15.9 Å². The molecular weight excluding hydrogens is 574 g/mol. The van der Waals surface area contributed by atoms with Crippen LogP contribution in [0.2, 0.25) is 5.02 Å². The smallest absolute Gasteiger partial charge is 0.339 e. The SMILES string of the molecule is CC(=O)[N+]1(S(=O)(=O)c2cccc(C#N)c2)c2ccc(C(=O)NCc3ncccc3Cl)cc2C2(CCNCC2)C1C1CC1. The molecule has 6 rings (SSSR count). The van der Waals surface area contributed by atoms with Crippen LogP contribution in [0.1, 0.15) is 59.8 Å². The molecule has 2 N–H and O–H groups in total. The van der Waals surface area contributed by atoms with Gasteiger partial charge in [0.2, 0.25) is 0 Å². The molecule has 1 spiro atoms. The minimum Gasteiger partial charge on any atom is -0.346 e. The molecule has 1 saturated carbocycles. The average molecular weight is 605 g/mol. The van der Waals surface area contributed by atoms with E-state index in [9.17, 15) is 23.3 Å². The summed E-state index contributed by atoms with van der Waals surface area (Å²) in [4.78, 5) is 31.6. The van der Waals surface area contributed by atoms with Gasteiger partial charge in [-0.3, -0.25) is 9.78 Å². The summed E-state index contributed by atoms with van der Waals surface area (Å²) in [5.74, 6) is -0.811. The quantitative estimate of drug-likeness (QED) is 0.404. The lowest BCUT2D eigenvalue weighted by molar-refractivity contribution is -0.126. The Labute approximate surface area is 250 Å². The van der Waals surface area contributed by atoms with E-state index in [-0.39, 0.29) is 28.8 Å². The van der Waals surface area contributed by atoms with Gasteiger partial charge in [-0.2, -0.15) is 13.7 Å². The van der Waals surface area contributed by atoms with Gasteiger partial charge in [0.15, 0.2) is 5.69 Å². The lowest BCUT2D eigenvalue weighted by Crippen LogP contribution is -2.67. The van der Waals surface area contributed by atoms with E-state index in [1.165, 1.54) is 25.1 Å². The first-order valence-electron chi connectivity index (χ1n) is 14.1. The molecule has 1 saturated heterocycles. The summed E-state index contributed by atoms with van der Waals surface area (Å²) in [7, 11) is -4.37. The van der Waals surface area contributed by atoms with Gasteiger partial charge < -0.3 is 10.6 Å². The fraction of sp³-hybridized carbons (Fsp3) is 0.355. The number of halogens is 1. The molecule has 3 aromatic rings. The van der Waals surface area contributed by atoms with E-state index >= 15 is 0 Å². The van der Waals surface area contributed by atoms with Crippen LogP contribution in [0, 0.1) is 17.2 Å². The molecule has 2 aromatic carbocycles. The Morgan fingerprint density at radius 2 is 1.90 bits per heavy atom. The fourth-order valence-electron chi connectivity index (χ4n) is 7.14. The van der Waals surface area contributed by atoms with Crippen molar-refractivity contribution in [3.05, 3.63) is 88.2 Å². The Morgan fingerprint density at radius 3 is 2.57 bits per heavy atom. The third-order valence-corrected chi connectivity index (χ3v) is 11.7. The molecule has 11 heteroatoms. The second-order valence-electron chi connectivity index (χ2n) is 11.3. The van der Waals surface area contributed by atoms with E-state index in [1.807, 2.05) is 6.07 Å². The molecule has 216 valence electrons. The maximum atomic E-state index is 14.8. The van der Waals surface area contributed by atoms with Crippen LogP contribution in [-0.4, -0.2) is 44.3 Å². The van der Waals surface area contributed by atoms with Crippen LogP contribution >= 0.6 is 11.6 Å². The van der Waals surface area contributed by atoms with Gasteiger partial charge in [-0.1, -0.05) is 17.7 Å². The summed E-state index contributed by atoms with van der Waals surface area (Å²) < 4.78 is 28.8. The Kier molecular flexibility index (Phi) is 7.18. The zero-order valence-corrected chi connectivity index (χ0v) is 24.7. The van der Waals surface area contributed by atoms with E-state index in [1.54, 1.807) is 42.6 Å². The van der Waals surface area contributed by atoms with Crippen molar-refractivity contribution in [3.8, 4) is 6.07 Å². The minimum atomic E-state index is -4.37. The number of pyridine rings is 1. The number of hydrogen-bond donors (Lipinski definition) is 2. The number of sulfonamides is 1. The number of nitriles is 1. The van der Waals surface area contributed by atoms with Crippen molar-refractivity contribution < 1.29 is 18.0 Å². The first-order valence-corrected chi connectivity index (χ1v) is 15.9. The van der Waals surface area contributed by atoms with E-state index in [4.69, 9.17) is 11.6 Å². The summed E-state index contributed by atoms with van der Waals surface area (Å²) in [6.07, 6.45) is 4.53. The number of aromatic nitrogens is 1. The molecule has 2 aliphatic heterocycles. The highest BCUT2D eigenvalue weighted by Gasteiger charge is 2.73. The van der Waals surface area contributed by atoms with Crippen molar-refractivity contribution in [2.24, 2.45) is 5.92 Å². The van der Waals surface area contributed by atoms with Gasteiger partial charge in [0, 0.05) is 29.3 Å². The Bertz CT molecular complexity index is 1740. The number of fused-ring (bicyclic) bond motifs is 2. The highest BCUT2D eigenvalue weighted by molar-refractivity contribution is 7.91. The molecule has 2 unspecified atom stereocenters. The van der Waals surface area contributed by atoms with Crippen molar-refractivity contribution in [1.29, 1.82) is 5.26 Å². The first kappa shape index (κ1) is 28.5. The van der Waals surface area contributed by atoms with Crippen LogP contribution in [0.15, 0.2) is 65.7 Å². The molecule has 3 aliphatic rings. The normalized spacial score (nSPS) is 22.7. The summed E-state index contributed by atoms with van der Waals surface area (Å²) in [6, 6.07) is 15.8. The van der Waals surface area contributed by atoms with Gasteiger partial charge in [-0.05, 0) is 81.2 Å². The number of carbonyl (C=O) groups is 2. The Hall–Kier alpha value is -3.62. The summed E-state index contributed by atoms with van der Waals surface area (Å²) in [5.41, 5.74) is 1.62. The topological polar surface area (TPSA) is 129 Å². The molecule has 9 nitrogen and oxygen atoms in total. The summed E-state index contributed by atoms with van der Waals surface area (Å²) >= 11 is 6.22. The highest BCUT2D eigenvalue weighted by Crippen LogP contribution is 2.62. The molecule has 1 aromatic heterocycles. The van der Waals surface area contributed by atoms with Crippen LogP contribution in [0.4, 0.5) is 5.69 Å². The number of benzene rings is 2.